The highest BCUT2D eigenvalue weighted by atomic mass is 35.5. The first-order chi connectivity index (χ1) is 22.1. The summed E-state index contributed by atoms with van der Waals surface area (Å²) in [5, 5.41) is 31.3. The molecule has 1 unspecified atom stereocenters. The number of hydrogen-bond donors (Lipinski definition) is 1. The number of nitrogens with zero attached hydrogens (tertiary/aromatic N) is 3. The minimum atomic E-state index is -1.79. The van der Waals surface area contributed by atoms with Crippen LogP contribution in [0.5, 0.6) is 0 Å². The van der Waals surface area contributed by atoms with Gasteiger partial charge in [0.1, 0.15) is 34.5 Å². The van der Waals surface area contributed by atoms with Crippen molar-refractivity contribution in [1.82, 2.24) is 4.90 Å². The van der Waals surface area contributed by atoms with Crippen LogP contribution >= 0.6 is 23.2 Å². The molecule has 3 aliphatic rings. The minimum Gasteiger partial charge on any atom is -0.289 e. The van der Waals surface area contributed by atoms with E-state index in [1.165, 1.54) is 60.7 Å². The van der Waals surface area contributed by atoms with Crippen molar-refractivity contribution in [2.24, 2.45) is 11.3 Å². The van der Waals surface area contributed by atoms with E-state index < -0.39 is 57.9 Å². The molecule has 2 fully saturated rings. The number of nitrogens with one attached hydrogen (secondary N) is 1. The number of piperidine rings is 1. The van der Waals surface area contributed by atoms with Gasteiger partial charge in [-0.15, -0.1) is 0 Å². The third-order valence-corrected chi connectivity index (χ3v) is 9.91. The number of carbonyl (C=O) groups is 2. The van der Waals surface area contributed by atoms with E-state index in [-0.39, 0.29) is 22.3 Å². The molecule has 0 spiro atoms. The van der Waals surface area contributed by atoms with Crippen molar-refractivity contribution in [2.45, 2.75) is 17.4 Å². The number of rotatable bonds is 5. The molecule has 0 aromatic heterocycles. The first kappa shape index (κ1) is 29.6. The number of halogens is 4. The Hall–Kier alpha value is -5.15. The summed E-state index contributed by atoms with van der Waals surface area (Å²) in [4.78, 5) is 30.4. The van der Waals surface area contributed by atoms with Crippen LogP contribution in [0.4, 0.5) is 8.78 Å². The molecule has 0 bridgehead atoms. The van der Waals surface area contributed by atoms with Gasteiger partial charge in [-0.25, -0.2) is 8.78 Å². The van der Waals surface area contributed by atoms with E-state index in [4.69, 9.17) is 23.2 Å². The summed E-state index contributed by atoms with van der Waals surface area (Å²) in [7, 11) is 0. The van der Waals surface area contributed by atoms with Crippen LogP contribution in [0.25, 0.3) is 0 Å². The number of amidine groups is 1. The average Bonchev–Trinajstić information content (AvgIpc) is 3.69. The fraction of sp³-hybridized carbons (Fsp3) is 0.139. The van der Waals surface area contributed by atoms with Gasteiger partial charge >= 0.3 is 0 Å². The Bertz CT molecular complexity index is 2120. The highest BCUT2D eigenvalue weighted by Crippen LogP contribution is 2.80. The van der Waals surface area contributed by atoms with Crippen LogP contribution in [0.15, 0.2) is 108 Å². The van der Waals surface area contributed by atoms with E-state index in [9.17, 15) is 29.9 Å². The van der Waals surface area contributed by atoms with Crippen molar-refractivity contribution in [3.8, 4) is 12.1 Å². The van der Waals surface area contributed by atoms with Crippen molar-refractivity contribution >= 4 is 40.7 Å². The third-order valence-electron chi connectivity index (χ3n) is 9.41. The summed E-state index contributed by atoms with van der Waals surface area (Å²) in [6.07, 6.45) is 0. The van der Waals surface area contributed by atoms with Gasteiger partial charge in [0.05, 0.1) is 11.6 Å². The Morgan fingerprint density at radius 1 is 0.848 bits per heavy atom. The van der Waals surface area contributed by atoms with Crippen LogP contribution in [0.3, 0.4) is 0 Å². The predicted molar refractivity (Wildman–Crippen MR) is 166 cm³/mol. The summed E-state index contributed by atoms with van der Waals surface area (Å²) < 4.78 is 29.7. The Morgan fingerprint density at radius 2 is 1.41 bits per heavy atom. The van der Waals surface area contributed by atoms with E-state index >= 15 is 4.39 Å². The number of hydrogen-bond acceptors (Lipinski definition) is 5. The molecule has 1 saturated carbocycles. The molecule has 5 atom stereocenters. The number of fused-ring (bicyclic) bond motifs is 3. The monoisotopic (exact) mass is 648 g/mol. The van der Waals surface area contributed by atoms with Crippen LogP contribution in [0.1, 0.15) is 38.9 Å². The lowest BCUT2D eigenvalue weighted by Crippen LogP contribution is -2.58. The highest BCUT2D eigenvalue weighted by Gasteiger charge is 2.88. The number of Topliss-reactive ketones (excluding diaryl/α,β-unsaturated/α-hetero) is 1. The Morgan fingerprint density at radius 3 is 1.98 bits per heavy atom. The topological polar surface area (TPSA) is 109 Å². The molecule has 1 amide bonds. The van der Waals surface area contributed by atoms with Crippen molar-refractivity contribution in [3.05, 3.63) is 152 Å². The van der Waals surface area contributed by atoms with Gasteiger partial charge in [-0.05, 0) is 77.4 Å². The maximum atomic E-state index is 15.1. The number of benzene rings is 4. The Kier molecular flexibility index (Phi) is 6.72. The standard InChI is InChI=1S/C36H20Cl2F2N4O2/c37-23-11-7-19(8-12-23)31(45)28-27(17-41)33(43)44-34(46)35(18-42)30(21-4-2-6-26(40)16-21)32(35)36(44,22-9-13-24(38)14-10-22)29(28)20-3-1-5-25(39)15-20/h1-16,29-30,32,43H/t29-,30+,32?,35+,36+/m0/s1. The van der Waals surface area contributed by atoms with Gasteiger partial charge in [0.2, 0.25) is 0 Å². The average molecular weight is 649 g/mol. The lowest BCUT2D eigenvalue weighted by molar-refractivity contribution is -0.132. The van der Waals surface area contributed by atoms with Gasteiger partial charge in [-0.1, -0.05) is 59.6 Å². The van der Waals surface area contributed by atoms with Crippen LogP contribution in [0, 0.1) is 51.0 Å². The molecular weight excluding hydrogens is 629 g/mol. The first-order valence-electron chi connectivity index (χ1n) is 14.2. The molecule has 10 heteroatoms. The zero-order valence-corrected chi connectivity index (χ0v) is 25.2. The van der Waals surface area contributed by atoms with Crippen molar-refractivity contribution in [1.29, 1.82) is 15.9 Å². The molecule has 2 aliphatic heterocycles. The lowest BCUT2D eigenvalue weighted by atomic mass is 9.62. The Balaban J connectivity index is 1.62. The molecule has 6 nitrogen and oxygen atoms in total. The molecule has 1 N–H and O–H groups in total. The highest BCUT2D eigenvalue weighted by molar-refractivity contribution is 6.31. The molecule has 7 rings (SSSR count). The zero-order chi connectivity index (χ0) is 32.5. The van der Waals surface area contributed by atoms with E-state index in [0.717, 1.165) is 4.90 Å². The van der Waals surface area contributed by atoms with Crippen molar-refractivity contribution in [2.75, 3.05) is 0 Å². The molecule has 46 heavy (non-hydrogen) atoms. The lowest BCUT2D eigenvalue weighted by Gasteiger charge is -2.51. The van der Waals surface area contributed by atoms with E-state index in [2.05, 4.69) is 6.07 Å². The summed E-state index contributed by atoms with van der Waals surface area (Å²) in [5.41, 5.74) is -2.84. The van der Waals surface area contributed by atoms with Gasteiger partial charge < -0.3 is 0 Å². The zero-order valence-electron chi connectivity index (χ0n) is 23.6. The molecule has 4 aromatic carbocycles. The molecule has 224 valence electrons. The third kappa shape index (κ3) is 3.87. The number of carbonyl (C=O) groups excluding carboxylic acids is 2. The SMILES string of the molecule is N#CC1=C(C(=O)c2ccc(Cl)cc2)[C@H](c2cccc(F)c2)[C@]2(c3ccc(Cl)cc3)C3[C@@H](c4cccc(F)c4)[C@@]3(C#N)C(=O)N2C1=N. The fourth-order valence-electron chi connectivity index (χ4n) is 7.70. The van der Waals surface area contributed by atoms with Gasteiger partial charge in [0, 0.05) is 38.9 Å². The van der Waals surface area contributed by atoms with E-state index in [0.29, 0.717) is 21.2 Å². The van der Waals surface area contributed by atoms with Crippen LogP contribution in [-0.2, 0) is 10.3 Å². The molecule has 2 heterocycles. The largest absolute Gasteiger partial charge is 0.289 e. The minimum absolute atomic E-state index is 0.141. The maximum Gasteiger partial charge on any atom is 0.250 e. The fourth-order valence-corrected chi connectivity index (χ4v) is 7.95. The first-order valence-corrected chi connectivity index (χ1v) is 14.9. The predicted octanol–water partition coefficient (Wildman–Crippen LogP) is 7.71. The van der Waals surface area contributed by atoms with Gasteiger partial charge in [0.25, 0.3) is 5.91 Å². The molecule has 0 radical (unpaired) electrons. The van der Waals surface area contributed by atoms with Crippen molar-refractivity contribution < 1.29 is 18.4 Å². The second-order valence-corrected chi connectivity index (χ2v) is 12.4. The molecule has 1 aliphatic carbocycles. The van der Waals surface area contributed by atoms with Gasteiger partial charge in [0.15, 0.2) is 5.78 Å². The quantitative estimate of drug-likeness (QED) is 0.224. The normalized spacial score (nSPS) is 26.2. The van der Waals surface area contributed by atoms with Crippen molar-refractivity contribution in [3.63, 3.8) is 0 Å². The van der Waals surface area contributed by atoms with Gasteiger partial charge in [-0.3, -0.25) is 19.9 Å². The maximum absolute atomic E-state index is 15.1. The molecule has 4 aromatic rings. The summed E-state index contributed by atoms with van der Waals surface area (Å²) in [6, 6.07) is 27.7. The van der Waals surface area contributed by atoms with Crippen LogP contribution < -0.4 is 0 Å². The number of amides is 1. The van der Waals surface area contributed by atoms with Crippen LogP contribution in [-0.4, -0.2) is 22.4 Å². The van der Waals surface area contributed by atoms with E-state index in [1.54, 1.807) is 36.4 Å². The molecular formula is C36H20Cl2F2N4O2. The molecule has 1 saturated heterocycles. The summed E-state index contributed by atoms with van der Waals surface area (Å²) in [5.74, 6) is -6.23. The smallest absolute Gasteiger partial charge is 0.250 e. The number of ketones is 1. The van der Waals surface area contributed by atoms with Gasteiger partial charge in [-0.2, -0.15) is 10.5 Å². The van der Waals surface area contributed by atoms with Crippen LogP contribution in [0.2, 0.25) is 10.0 Å². The Labute approximate surface area is 272 Å². The summed E-state index contributed by atoms with van der Waals surface area (Å²) in [6.45, 7) is 0. The second kappa shape index (κ2) is 10.5. The second-order valence-electron chi connectivity index (χ2n) is 11.5. The van der Waals surface area contributed by atoms with E-state index in [1.807, 2.05) is 6.07 Å². The number of nitriles is 2. The summed E-state index contributed by atoms with van der Waals surface area (Å²) >= 11 is 12.4.